The molecule has 0 aliphatic carbocycles. The maximum absolute atomic E-state index is 6.13. The smallest absolute Gasteiger partial charge is 0.225 e. The van der Waals surface area contributed by atoms with E-state index in [0.29, 0.717) is 10.2 Å². The van der Waals surface area contributed by atoms with Crippen molar-refractivity contribution in [2.24, 2.45) is 0 Å². The van der Waals surface area contributed by atoms with E-state index in [9.17, 15) is 0 Å². The standard InChI is InChI=1S/C11H12ClN5S/c1-6(7-4-2-3-5-8(7)12)18-11-16-9(13)15-10(14)17-11/h2-6H,1H3,(H4,13,14,15,16,17). The first-order valence-corrected chi connectivity index (χ1v) is 6.50. The van der Waals surface area contributed by atoms with Crippen LogP contribution in [0, 0.1) is 0 Å². The molecule has 0 saturated carbocycles. The number of thioether (sulfide) groups is 1. The fourth-order valence-corrected chi connectivity index (χ4v) is 2.77. The molecule has 5 nitrogen and oxygen atoms in total. The van der Waals surface area contributed by atoms with E-state index in [-0.39, 0.29) is 17.1 Å². The van der Waals surface area contributed by atoms with Crippen LogP contribution in [0.3, 0.4) is 0 Å². The Bertz CT molecular complexity index is 543. The second kappa shape index (κ2) is 5.41. The van der Waals surface area contributed by atoms with Gasteiger partial charge in [-0.05, 0) is 18.6 Å². The van der Waals surface area contributed by atoms with E-state index in [1.54, 1.807) is 0 Å². The maximum Gasteiger partial charge on any atom is 0.225 e. The SMILES string of the molecule is CC(Sc1nc(N)nc(N)n1)c1ccccc1Cl. The van der Waals surface area contributed by atoms with Gasteiger partial charge in [-0.3, -0.25) is 0 Å². The lowest BCUT2D eigenvalue weighted by atomic mass is 10.2. The van der Waals surface area contributed by atoms with Gasteiger partial charge in [0, 0.05) is 10.3 Å². The molecule has 2 aromatic rings. The van der Waals surface area contributed by atoms with Gasteiger partial charge in [0.05, 0.1) is 0 Å². The molecule has 1 aromatic heterocycles. The van der Waals surface area contributed by atoms with Crippen LogP contribution in [-0.2, 0) is 0 Å². The second-order valence-corrected chi connectivity index (χ2v) is 5.33. The van der Waals surface area contributed by atoms with Gasteiger partial charge in [-0.1, -0.05) is 41.6 Å². The molecule has 0 saturated heterocycles. The number of aromatic nitrogens is 3. The van der Waals surface area contributed by atoms with Gasteiger partial charge in [0.1, 0.15) is 0 Å². The summed E-state index contributed by atoms with van der Waals surface area (Å²) in [4.78, 5) is 11.8. The van der Waals surface area contributed by atoms with E-state index in [2.05, 4.69) is 15.0 Å². The highest BCUT2D eigenvalue weighted by molar-refractivity contribution is 7.99. The van der Waals surface area contributed by atoms with E-state index < -0.39 is 0 Å². The first kappa shape index (κ1) is 12.9. The van der Waals surface area contributed by atoms with Crippen molar-refractivity contribution in [3.05, 3.63) is 34.9 Å². The predicted molar refractivity (Wildman–Crippen MR) is 74.4 cm³/mol. The summed E-state index contributed by atoms with van der Waals surface area (Å²) in [5.41, 5.74) is 12.1. The average Bonchev–Trinajstić information content (AvgIpc) is 2.27. The normalized spacial score (nSPS) is 12.3. The molecule has 18 heavy (non-hydrogen) atoms. The van der Waals surface area contributed by atoms with Crippen molar-refractivity contribution in [2.75, 3.05) is 11.5 Å². The van der Waals surface area contributed by atoms with Crippen molar-refractivity contribution in [3.63, 3.8) is 0 Å². The second-order valence-electron chi connectivity index (χ2n) is 3.62. The van der Waals surface area contributed by atoms with Gasteiger partial charge in [0.25, 0.3) is 0 Å². The largest absolute Gasteiger partial charge is 0.368 e. The van der Waals surface area contributed by atoms with Crippen LogP contribution in [0.5, 0.6) is 0 Å². The highest BCUT2D eigenvalue weighted by atomic mass is 35.5. The average molecular weight is 282 g/mol. The number of nitrogens with two attached hydrogens (primary N) is 2. The molecule has 0 aliphatic rings. The highest BCUT2D eigenvalue weighted by Gasteiger charge is 2.13. The third-order valence-electron chi connectivity index (χ3n) is 2.27. The summed E-state index contributed by atoms with van der Waals surface area (Å²) >= 11 is 7.56. The van der Waals surface area contributed by atoms with Crippen molar-refractivity contribution in [2.45, 2.75) is 17.3 Å². The number of halogens is 1. The number of hydrogen-bond donors (Lipinski definition) is 2. The van der Waals surface area contributed by atoms with Crippen LogP contribution in [0.4, 0.5) is 11.9 Å². The highest BCUT2D eigenvalue weighted by Crippen LogP contribution is 2.36. The zero-order chi connectivity index (χ0) is 13.1. The molecule has 94 valence electrons. The van der Waals surface area contributed by atoms with Crippen molar-refractivity contribution in [3.8, 4) is 0 Å². The van der Waals surface area contributed by atoms with Gasteiger partial charge in [-0.25, -0.2) is 0 Å². The Hall–Kier alpha value is -1.53. The van der Waals surface area contributed by atoms with Gasteiger partial charge in [0.15, 0.2) is 5.16 Å². The fraction of sp³-hybridized carbons (Fsp3) is 0.182. The van der Waals surface area contributed by atoms with Crippen LogP contribution < -0.4 is 11.5 Å². The lowest BCUT2D eigenvalue weighted by Crippen LogP contribution is -2.04. The summed E-state index contributed by atoms with van der Waals surface area (Å²) in [7, 11) is 0. The topological polar surface area (TPSA) is 90.7 Å². The molecular formula is C11H12ClN5S. The number of nitrogens with zero attached hydrogens (tertiary/aromatic N) is 3. The van der Waals surface area contributed by atoms with Crippen LogP contribution in [0.2, 0.25) is 5.02 Å². The molecule has 0 aliphatic heterocycles. The Labute approximate surface area is 114 Å². The zero-order valence-corrected chi connectivity index (χ0v) is 11.2. The van der Waals surface area contributed by atoms with Gasteiger partial charge < -0.3 is 11.5 Å². The molecule has 4 N–H and O–H groups in total. The first-order chi connectivity index (χ1) is 8.56. The van der Waals surface area contributed by atoms with Crippen molar-refractivity contribution < 1.29 is 0 Å². The number of benzene rings is 1. The van der Waals surface area contributed by atoms with Gasteiger partial charge in [-0.15, -0.1) is 0 Å². The fourth-order valence-electron chi connectivity index (χ4n) is 1.47. The van der Waals surface area contributed by atoms with Crippen LogP contribution in [0.1, 0.15) is 17.7 Å². The number of hydrogen-bond acceptors (Lipinski definition) is 6. The monoisotopic (exact) mass is 281 g/mol. The molecule has 1 atom stereocenters. The molecule has 0 bridgehead atoms. The van der Waals surface area contributed by atoms with E-state index >= 15 is 0 Å². The van der Waals surface area contributed by atoms with Crippen molar-refractivity contribution in [1.82, 2.24) is 15.0 Å². The third-order valence-corrected chi connectivity index (χ3v) is 3.62. The molecule has 0 radical (unpaired) electrons. The zero-order valence-electron chi connectivity index (χ0n) is 9.67. The van der Waals surface area contributed by atoms with E-state index in [4.69, 9.17) is 23.1 Å². The molecule has 1 unspecified atom stereocenters. The number of rotatable bonds is 3. The van der Waals surface area contributed by atoms with Gasteiger partial charge in [-0.2, -0.15) is 15.0 Å². The minimum atomic E-state index is 0.0971. The molecule has 0 amide bonds. The van der Waals surface area contributed by atoms with Crippen LogP contribution in [-0.4, -0.2) is 15.0 Å². The molecule has 0 fully saturated rings. The Morgan fingerprint density at radius 1 is 1.11 bits per heavy atom. The van der Waals surface area contributed by atoms with Gasteiger partial charge in [0.2, 0.25) is 11.9 Å². The van der Waals surface area contributed by atoms with E-state index in [0.717, 1.165) is 5.56 Å². The third kappa shape index (κ3) is 3.02. The summed E-state index contributed by atoms with van der Waals surface area (Å²) in [6, 6.07) is 7.65. The Balaban J connectivity index is 2.21. The van der Waals surface area contributed by atoms with Crippen LogP contribution in [0.25, 0.3) is 0 Å². The number of anilines is 2. The minimum Gasteiger partial charge on any atom is -0.368 e. The first-order valence-electron chi connectivity index (χ1n) is 5.24. The molecule has 0 spiro atoms. The van der Waals surface area contributed by atoms with Crippen LogP contribution >= 0.6 is 23.4 Å². The van der Waals surface area contributed by atoms with Crippen molar-refractivity contribution in [1.29, 1.82) is 0 Å². The van der Waals surface area contributed by atoms with Crippen LogP contribution in [0.15, 0.2) is 29.4 Å². The molecule has 1 aromatic carbocycles. The summed E-state index contributed by atoms with van der Waals surface area (Å²) in [5.74, 6) is 0.243. The number of nitrogen functional groups attached to an aromatic ring is 2. The van der Waals surface area contributed by atoms with Gasteiger partial charge >= 0.3 is 0 Å². The summed E-state index contributed by atoms with van der Waals surface area (Å²) in [6.45, 7) is 2.02. The van der Waals surface area contributed by atoms with E-state index in [1.165, 1.54) is 11.8 Å². The summed E-state index contributed by atoms with van der Waals surface area (Å²) < 4.78 is 0. The van der Waals surface area contributed by atoms with Crippen molar-refractivity contribution >= 4 is 35.3 Å². The molecular weight excluding hydrogens is 270 g/mol. The Morgan fingerprint density at radius 3 is 2.33 bits per heavy atom. The molecule has 2 rings (SSSR count). The Kier molecular flexibility index (Phi) is 3.88. The molecule has 7 heteroatoms. The summed E-state index contributed by atoms with van der Waals surface area (Å²) in [6.07, 6.45) is 0. The lowest BCUT2D eigenvalue weighted by Gasteiger charge is -2.12. The maximum atomic E-state index is 6.13. The lowest BCUT2D eigenvalue weighted by molar-refractivity contribution is 0.920. The van der Waals surface area contributed by atoms with E-state index in [1.807, 2.05) is 31.2 Å². The molecule has 1 heterocycles. The predicted octanol–water partition coefficient (Wildman–Crippen LogP) is 2.54. The Morgan fingerprint density at radius 2 is 1.72 bits per heavy atom. The minimum absolute atomic E-state index is 0.0971. The summed E-state index contributed by atoms with van der Waals surface area (Å²) in [5, 5.41) is 1.31. The quantitative estimate of drug-likeness (QED) is 0.840.